The number of benzene rings is 1. The molecule has 12 nitrogen and oxygen atoms in total. The van der Waals surface area contributed by atoms with Crippen LogP contribution < -0.4 is 5.32 Å². The fourth-order valence-electron chi connectivity index (χ4n) is 5.53. The number of Topliss-reactive ketones (excluding diaryl/α,β-unsaturated/α-hetero) is 4. The quantitative estimate of drug-likeness (QED) is 0.166. The fraction of sp³-hybridized carbons (Fsp3) is 0.359. The first-order chi connectivity index (χ1) is 24.0. The van der Waals surface area contributed by atoms with E-state index in [1.807, 2.05) is 0 Å². The van der Waals surface area contributed by atoms with Gasteiger partial charge in [0.15, 0.2) is 17.3 Å². The van der Waals surface area contributed by atoms with Crippen LogP contribution in [-0.2, 0) is 14.4 Å². The van der Waals surface area contributed by atoms with Gasteiger partial charge in [-0.25, -0.2) is 0 Å². The lowest BCUT2D eigenvalue weighted by Gasteiger charge is -2.24. The van der Waals surface area contributed by atoms with Crippen molar-refractivity contribution in [1.29, 1.82) is 0 Å². The highest BCUT2D eigenvalue weighted by atomic mass is 16.3. The Hall–Kier alpha value is -5.01. The van der Waals surface area contributed by atoms with Gasteiger partial charge in [-0.1, -0.05) is 68.5 Å². The zero-order valence-electron chi connectivity index (χ0n) is 29.2. The number of amides is 1. The van der Waals surface area contributed by atoms with E-state index >= 15 is 0 Å². The average Bonchev–Trinajstić information content (AvgIpc) is 3.10. The number of allylic oxidation sites excluding steroid dienone is 7. The summed E-state index contributed by atoms with van der Waals surface area (Å²) in [5.41, 5.74) is -1.79. The van der Waals surface area contributed by atoms with Crippen LogP contribution in [0.25, 0.3) is 5.76 Å². The van der Waals surface area contributed by atoms with E-state index in [0.29, 0.717) is 5.57 Å². The second kappa shape index (κ2) is 17.8. The summed E-state index contributed by atoms with van der Waals surface area (Å²) in [5, 5.41) is 66.4. The van der Waals surface area contributed by atoms with E-state index < -0.39 is 94.3 Å². The first-order valence-electron chi connectivity index (χ1n) is 16.5. The zero-order chi connectivity index (χ0) is 38.2. The van der Waals surface area contributed by atoms with Gasteiger partial charge in [-0.2, -0.15) is 0 Å². The number of phenolic OH excluding ortho intramolecular Hbond substituents is 1. The van der Waals surface area contributed by atoms with Gasteiger partial charge in [0, 0.05) is 35.8 Å². The average molecular weight is 704 g/mol. The second-order valence-corrected chi connectivity index (χ2v) is 12.8. The Morgan fingerprint density at radius 3 is 2.12 bits per heavy atom. The molecule has 0 aromatic heterocycles. The highest BCUT2D eigenvalue weighted by Crippen LogP contribution is 2.37. The molecule has 7 N–H and O–H groups in total. The van der Waals surface area contributed by atoms with E-state index in [4.69, 9.17) is 0 Å². The van der Waals surface area contributed by atoms with Crippen LogP contribution in [0.5, 0.6) is 5.75 Å². The third-order valence-electron chi connectivity index (χ3n) is 8.87. The van der Waals surface area contributed by atoms with Gasteiger partial charge in [0.1, 0.15) is 11.4 Å². The lowest BCUT2D eigenvalue weighted by molar-refractivity contribution is -0.118. The predicted molar refractivity (Wildman–Crippen MR) is 189 cm³/mol. The molecular weight excluding hydrogens is 658 g/mol. The molecule has 0 radical (unpaired) electrons. The van der Waals surface area contributed by atoms with Gasteiger partial charge in [-0.05, 0) is 50.0 Å². The topological polar surface area (TPSA) is 219 Å². The Morgan fingerprint density at radius 1 is 0.784 bits per heavy atom. The van der Waals surface area contributed by atoms with Crippen molar-refractivity contribution in [3.05, 3.63) is 106 Å². The molecule has 0 spiro atoms. The number of aliphatic hydroxyl groups excluding tert-OH is 5. The van der Waals surface area contributed by atoms with E-state index in [1.165, 1.54) is 50.3 Å². The van der Waals surface area contributed by atoms with Crippen molar-refractivity contribution in [2.24, 2.45) is 17.8 Å². The Labute approximate surface area is 296 Å². The van der Waals surface area contributed by atoms with Gasteiger partial charge >= 0.3 is 0 Å². The number of hydrogen-bond acceptors (Lipinski definition) is 11. The number of nitrogens with one attached hydrogen (secondary N) is 1. The number of aryl methyl sites for hydroxylation is 1. The minimum Gasteiger partial charge on any atom is -0.507 e. The van der Waals surface area contributed by atoms with Crippen LogP contribution in [-0.4, -0.2) is 84.6 Å². The van der Waals surface area contributed by atoms with Crippen LogP contribution in [0.4, 0.5) is 0 Å². The van der Waals surface area contributed by atoms with Gasteiger partial charge in [0.05, 0.1) is 36.0 Å². The molecule has 1 aromatic rings. The van der Waals surface area contributed by atoms with E-state index in [0.717, 1.165) is 6.08 Å². The van der Waals surface area contributed by atoms with Crippen molar-refractivity contribution < 1.29 is 54.6 Å². The molecule has 12 heteroatoms. The van der Waals surface area contributed by atoms with Gasteiger partial charge < -0.3 is 36.0 Å². The fourth-order valence-corrected chi connectivity index (χ4v) is 5.53. The minimum absolute atomic E-state index is 0.0741. The van der Waals surface area contributed by atoms with E-state index in [-0.39, 0.29) is 35.3 Å². The van der Waals surface area contributed by atoms with Crippen LogP contribution in [0.2, 0.25) is 0 Å². The molecule has 0 saturated carbocycles. The molecule has 1 amide bonds. The maximum absolute atomic E-state index is 13.8. The Balaban J connectivity index is 2.10. The largest absolute Gasteiger partial charge is 0.507 e. The monoisotopic (exact) mass is 703 g/mol. The third-order valence-corrected chi connectivity index (χ3v) is 8.87. The van der Waals surface area contributed by atoms with Crippen molar-refractivity contribution in [2.45, 2.75) is 65.8 Å². The number of carbonyl (C=O) groups is 5. The van der Waals surface area contributed by atoms with Gasteiger partial charge in [0.25, 0.3) is 5.78 Å². The van der Waals surface area contributed by atoms with Crippen LogP contribution in [0, 0.1) is 24.7 Å². The SMILES string of the molecule is CC1=CC[C@H](O)C=C[C@H](C)[C@H](O)[C@@H](CO)C=C(C)C(=O)c2c(O)c(C)cc3c2C(=O)C(=O)C(=C3O)NC(=O)C=CC=CC=C[C@H](C)[C@@H](O)CC1=O. The van der Waals surface area contributed by atoms with E-state index in [2.05, 4.69) is 5.32 Å². The molecule has 2 aliphatic heterocycles. The molecule has 4 rings (SSSR count). The molecule has 2 heterocycles. The predicted octanol–water partition coefficient (Wildman–Crippen LogP) is 3.44. The third kappa shape index (κ3) is 9.83. The molecule has 6 atom stereocenters. The summed E-state index contributed by atoms with van der Waals surface area (Å²) in [6.45, 7) is 7.05. The van der Waals surface area contributed by atoms with E-state index in [9.17, 15) is 54.6 Å². The van der Waals surface area contributed by atoms with Crippen molar-refractivity contribution in [2.75, 3.05) is 6.61 Å². The van der Waals surface area contributed by atoms with Crippen molar-refractivity contribution in [1.82, 2.24) is 5.32 Å². The second-order valence-electron chi connectivity index (χ2n) is 12.8. The first kappa shape index (κ1) is 40.4. The highest BCUT2D eigenvalue weighted by Gasteiger charge is 2.39. The Kier molecular flexibility index (Phi) is 14.1. The van der Waals surface area contributed by atoms with Crippen LogP contribution in [0.3, 0.4) is 0 Å². The number of rotatable bonds is 1. The maximum Gasteiger partial charge on any atom is 0.253 e. The summed E-state index contributed by atoms with van der Waals surface area (Å²) >= 11 is 0. The Bertz CT molecular complexity index is 1790. The molecule has 4 bridgehead atoms. The van der Waals surface area contributed by atoms with Crippen LogP contribution >= 0.6 is 0 Å². The number of carbonyl (C=O) groups excluding carboxylic acids is 5. The van der Waals surface area contributed by atoms with Crippen LogP contribution in [0.15, 0.2) is 83.7 Å². The summed E-state index contributed by atoms with van der Waals surface area (Å²) < 4.78 is 0. The van der Waals surface area contributed by atoms with Crippen molar-refractivity contribution >= 4 is 34.8 Å². The normalized spacial score (nSPS) is 26.4. The lowest BCUT2D eigenvalue weighted by atomic mass is 9.82. The first-order valence-corrected chi connectivity index (χ1v) is 16.5. The maximum atomic E-state index is 13.8. The molecule has 51 heavy (non-hydrogen) atoms. The van der Waals surface area contributed by atoms with Crippen molar-refractivity contribution in [3.8, 4) is 5.75 Å². The highest BCUT2D eigenvalue weighted by molar-refractivity contribution is 6.53. The number of phenols is 1. The number of ketones is 4. The zero-order valence-corrected chi connectivity index (χ0v) is 29.2. The summed E-state index contributed by atoms with van der Waals surface area (Å²) in [5.74, 6) is -8.16. The number of fused-ring (bicyclic) bond motifs is 18. The minimum atomic E-state index is -1.33. The number of hydrogen-bond donors (Lipinski definition) is 7. The molecule has 0 fully saturated rings. The summed E-state index contributed by atoms with van der Waals surface area (Å²) in [7, 11) is 0. The molecule has 1 aliphatic carbocycles. The standard InChI is InChI=1S/C39H45NO11/c1-20-10-8-6-7-9-11-30(45)40-33-37(49)27-17-24(5)36(48)32(31(27)38(50)39(33)51)35(47)23(4)16-25(19-41)34(46)22(3)13-15-26(42)14-12-21(2)29(44)18-28(20)43/h6-13,15-17,20,22,25-26,28,34,41-43,46,48-49H,14,18-19H2,1-5H3,(H,40,45)/t20-,22-,25+,26-,28-,34-/m0/s1. The molecule has 0 unspecified atom stereocenters. The molecular formula is C39H45NO11. The molecule has 1 aromatic carbocycles. The molecule has 272 valence electrons. The lowest BCUT2D eigenvalue weighted by Crippen LogP contribution is -2.35. The summed E-state index contributed by atoms with van der Waals surface area (Å²) in [6, 6.07) is 1.20. The van der Waals surface area contributed by atoms with Crippen LogP contribution in [0.1, 0.15) is 72.4 Å². The number of aliphatic hydroxyl groups is 5. The van der Waals surface area contributed by atoms with Gasteiger partial charge in [0.2, 0.25) is 11.7 Å². The smallest absolute Gasteiger partial charge is 0.253 e. The van der Waals surface area contributed by atoms with Gasteiger partial charge in [-0.15, -0.1) is 0 Å². The number of aromatic hydroxyl groups is 1. The van der Waals surface area contributed by atoms with Gasteiger partial charge in [-0.3, -0.25) is 24.0 Å². The summed E-state index contributed by atoms with van der Waals surface area (Å²) in [4.78, 5) is 65.6. The molecule has 0 saturated heterocycles. The van der Waals surface area contributed by atoms with E-state index in [1.54, 1.807) is 45.1 Å². The Morgan fingerprint density at radius 2 is 1.45 bits per heavy atom. The van der Waals surface area contributed by atoms with Crippen molar-refractivity contribution in [3.63, 3.8) is 0 Å². The summed E-state index contributed by atoms with van der Waals surface area (Å²) in [6.07, 6.45) is 11.1. The molecule has 3 aliphatic rings.